The van der Waals surface area contributed by atoms with Gasteiger partial charge < -0.3 is 41.1 Å². The van der Waals surface area contributed by atoms with Gasteiger partial charge in [0, 0.05) is 25.0 Å². The Bertz CT molecular complexity index is 2010. The number of oxime groups is 1. The van der Waals surface area contributed by atoms with E-state index in [0.29, 0.717) is 42.8 Å². The summed E-state index contributed by atoms with van der Waals surface area (Å²) >= 11 is 0.878. The summed E-state index contributed by atoms with van der Waals surface area (Å²) < 4.78 is 47.4. The summed E-state index contributed by atoms with van der Waals surface area (Å²) in [6, 6.07) is 3.95. The van der Waals surface area contributed by atoms with Gasteiger partial charge in [0.25, 0.3) is 17.4 Å². The topological polar surface area (TPSA) is 295 Å². The number of β-lactam (4-membered cyclic amide) rings is 1. The van der Waals surface area contributed by atoms with Crippen molar-refractivity contribution in [3.05, 3.63) is 40.4 Å². The number of ether oxygens (including phenoxy) is 2. The first-order valence-electron chi connectivity index (χ1n) is 16.9. The SMILES string of the molecule is CC(C)(C)OC(=O)Nc1nc(/C(=N/OC(C)(C(=O)O)[C@H]2CCc3cc(C4CNC(NCCN)=N4)ccc3O2)C(=O)N[C@@H]2C(=O)N(OS(=O)(=O)O)C2(C)C)cs1. The summed E-state index contributed by atoms with van der Waals surface area (Å²) in [6.07, 6.45) is -1.36. The minimum Gasteiger partial charge on any atom is -0.485 e. The molecule has 0 bridgehead atoms. The lowest BCUT2D eigenvalue weighted by Crippen LogP contribution is -2.76. The van der Waals surface area contributed by atoms with E-state index in [4.69, 9.17) is 24.6 Å². The van der Waals surface area contributed by atoms with Crippen LogP contribution in [0.25, 0.3) is 0 Å². The van der Waals surface area contributed by atoms with E-state index in [1.165, 1.54) is 26.2 Å². The van der Waals surface area contributed by atoms with Gasteiger partial charge in [0.1, 0.15) is 23.1 Å². The van der Waals surface area contributed by atoms with Crippen LogP contribution < -0.4 is 31.7 Å². The molecule has 23 heteroatoms. The summed E-state index contributed by atoms with van der Waals surface area (Å²) in [5, 5.41) is 27.2. The quantitative estimate of drug-likeness (QED) is 0.0638. The van der Waals surface area contributed by atoms with Crippen LogP contribution in [0.2, 0.25) is 0 Å². The molecule has 1 aromatic heterocycles. The summed E-state index contributed by atoms with van der Waals surface area (Å²) in [4.78, 5) is 66.3. The average Bonchev–Trinajstić information content (AvgIpc) is 3.76. The molecular formula is C32H43N9O12S2. The van der Waals surface area contributed by atoms with Crippen molar-refractivity contribution in [3.63, 3.8) is 0 Å². The van der Waals surface area contributed by atoms with E-state index < -0.39 is 68.9 Å². The van der Waals surface area contributed by atoms with E-state index in [1.54, 1.807) is 26.8 Å². The molecule has 0 aliphatic carbocycles. The van der Waals surface area contributed by atoms with Crippen LogP contribution in [0.1, 0.15) is 70.8 Å². The average molecular weight is 810 g/mol. The van der Waals surface area contributed by atoms with E-state index in [9.17, 15) is 32.7 Å². The minimum absolute atomic E-state index is 0.0211. The Morgan fingerprint density at radius 1 is 1.24 bits per heavy atom. The molecule has 3 amide bonds. The molecule has 0 saturated carbocycles. The van der Waals surface area contributed by atoms with Crippen molar-refractivity contribution in [2.24, 2.45) is 15.9 Å². The molecule has 300 valence electrons. The Hall–Kier alpha value is -5.10. The predicted molar refractivity (Wildman–Crippen MR) is 196 cm³/mol. The van der Waals surface area contributed by atoms with Gasteiger partial charge in [0.2, 0.25) is 0 Å². The van der Waals surface area contributed by atoms with Gasteiger partial charge in [-0.3, -0.25) is 19.5 Å². The number of thiazole rings is 1. The lowest BCUT2D eigenvalue weighted by molar-refractivity contribution is -0.218. The predicted octanol–water partition coefficient (Wildman–Crippen LogP) is 0.837. The van der Waals surface area contributed by atoms with Crippen LogP contribution in [0.5, 0.6) is 5.75 Å². The molecule has 1 aromatic carbocycles. The highest BCUT2D eigenvalue weighted by atomic mass is 32.3. The number of benzene rings is 1. The second-order valence-electron chi connectivity index (χ2n) is 14.4. The largest absolute Gasteiger partial charge is 0.485 e. The molecule has 5 rings (SSSR count). The Labute approximate surface area is 319 Å². The molecule has 55 heavy (non-hydrogen) atoms. The van der Waals surface area contributed by atoms with E-state index in [0.717, 1.165) is 22.5 Å². The molecule has 0 spiro atoms. The lowest BCUT2D eigenvalue weighted by atomic mass is 9.84. The van der Waals surface area contributed by atoms with Crippen molar-refractivity contribution in [2.45, 2.75) is 89.3 Å². The van der Waals surface area contributed by atoms with Crippen molar-refractivity contribution in [1.29, 1.82) is 0 Å². The fourth-order valence-electron chi connectivity index (χ4n) is 5.77. The number of nitrogens with two attached hydrogens (primary N) is 1. The van der Waals surface area contributed by atoms with Gasteiger partial charge in [-0.25, -0.2) is 19.6 Å². The normalized spacial score (nSPS) is 21.8. The third kappa shape index (κ3) is 9.41. The number of carbonyl (C=O) groups excluding carboxylic acids is 3. The number of aryl methyl sites for hydroxylation is 1. The van der Waals surface area contributed by atoms with Crippen LogP contribution in [0.15, 0.2) is 33.7 Å². The number of fused-ring (bicyclic) bond motifs is 1. The van der Waals surface area contributed by atoms with Crippen molar-refractivity contribution < 1.29 is 55.9 Å². The van der Waals surface area contributed by atoms with Gasteiger partial charge in [0.15, 0.2) is 22.9 Å². The number of aromatic nitrogens is 1. The molecule has 21 nitrogen and oxygen atoms in total. The lowest BCUT2D eigenvalue weighted by Gasteiger charge is -2.50. The molecule has 4 atom stereocenters. The molecule has 4 heterocycles. The Balaban J connectivity index is 1.39. The van der Waals surface area contributed by atoms with Crippen molar-refractivity contribution in [1.82, 2.24) is 26.0 Å². The number of hydrogen-bond donors (Lipinski definition) is 7. The third-order valence-electron chi connectivity index (χ3n) is 8.66. The first-order chi connectivity index (χ1) is 25.6. The Morgan fingerprint density at radius 3 is 2.60 bits per heavy atom. The number of guanidine groups is 1. The molecule has 1 saturated heterocycles. The number of amides is 3. The molecule has 8 N–H and O–H groups in total. The van der Waals surface area contributed by atoms with Gasteiger partial charge in [-0.05, 0) is 77.6 Å². The molecule has 2 unspecified atom stereocenters. The molecule has 2 aromatic rings. The monoisotopic (exact) mass is 809 g/mol. The number of nitrogens with one attached hydrogen (secondary N) is 4. The van der Waals surface area contributed by atoms with Crippen LogP contribution >= 0.6 is 11.3 Å². The van der Waals surface area contributed by atoms with E-state index in [-0.39, 0.29) is 23.3 Å². The smallest absolute Gasteiger partial charge is 0.418 e. The van der Waals surface area contributed by atoms with Crippen molar-refractivity contribution in [2.75, 3.05) is 25.0 Å². The number of carboxylic acid groups (broad SMARTS) is 1. The van der Waals surface area contributed by atoms with Crippen LogP contribution in [-0.2, 0) is 45.1 Å². The number of hydroxylamine groups is 2. The Kier molecular flexibility index (Phi) is 11.6. The number of hydrogen-bond acceptors (Lipinski definition) is 17. The second-order valence-corrected chi connectivity index (χ2v) is 16.3. The summed E-state index contributed by atoms with van der Waals surface area (Å²) in [5.41, 5.74) is 2.02. The molecular weight excluding hydrogens is 767 g/mol. The highest BCUT2D eigenvalue weighted by Crippen LogP contribution is 2.37. The highest BCUT2D eigenvalue weighted by Gasteiger charge is 2.58. The van der Waals surface area contributed by atoms with Gasteiger partial charge in [-0.2, -0.15) is 13.5 Å². The fraction of sp³-hybridized carbons (Fsp3) is 0.531. The number of carbonyl (C=O) groups is 4. The standard InChI is InChI=1S/C32H43N9O12S2/c1-30(2,3)51-29(46)39-28-37-19(15-54-28)22(24(42)38-23-25(43)41(31(23,4)5)53-55(47,48)49)40-52-32(6,26(44)45)21-10-8-17-13-16(7-9-20(17)50-21)18-14-35-27(36-18)34-12-11-33/h7,9,13,15,18,21,23H,8,10-12,14,33H2,1-6H3,(H,38,42)(H,44,45)(H2,34,35,36)(H,37,39,46)(H,47,48,49)/b40-22-/t18?,21-,23-,32?/m1/s1. The highest BCUT2D eigenvalue weighted by molar-refractivity contribution is 7.80. The summed E-state index contributed by atoms with van der Waals surface area (Å²) in [6.45, 7) is 10.5. The van der Waals surface area contributed by atoms with Gasteiger partial charge >= 0.3 is 22.5 Å². The van der Waals surface area contributed by atoms with Crippen LogP contribution in [0.4, 0.5) is 9.93 Å². The van der Waals surface area contributed by atoms with E-state index in [1.807, 2.05) is 12.1 Å². The number of aliphatic carboxylic acids is 1. The molecule has 3 aliphatic heterocycles. The zero-order valence-electron chi connectivity index (χ0n) is 30.7. The summed E-state index contributed by atoms with van der Waals surface area (Å²) in [7, 11) is -5.08. The van der Waals surface area contributed by atoms with E-state index >= 15 is 0 Å². The van der Waals surface area contributed by atoms with Crippen molar-refractivity contribution in [3.8, 4) is 5.75 Å². The maximum atomic E-state index is 13.8. The second kappa shape index (κ2) is 15.6. The molecule has 3 aliphatic rings. The van der Waals surface area contributed by atoms with Crippen molar-refractivity contribution >= 4 is 62.4 Å². The third-order valence-corrected chi connectivity index (χ3v) is 9.75. The first kappa shape index (κ1) is 41.1. The van der Waals surface area contributed by atoms with E-state index in [2.05, 4.69) is 40.7 Å². The van der Waals surface area contributed by atoms with Gasteiger partial charge in [0.05, 0.1) is 11.6 Å². The maximum Gasteiger partial charge on any atom is 0.418 e. The maximum absolute atomic E-state index is 13.8. The number of anilines is 1. The zero-order chi connectivity index (χ0) is 40.5. The fourth-order valence-corrected chi connectivity index (χ4v) is 6.90. The number of aliphatic imine (C=N–C) groups is 1. The van der Waals surface area contributed by atoms with Crippen LogP contribution in [-0.4, -0.2) is 112 Å². The number of rotatable bonds is 13. The Morgan fingerprint density at radius 2 is 1.96 bits per heavy atom. The zero-order valence-corrected chi connectivity index (χ0v) is 32.4. The van der Waals surface area contributed by atoms with Crippen LogP contribution in [0.3, 0.4) is 0 Å². The minimum atomic E-state index is -5.08. The van der Waals surface area contributed by atoms with Gasteiger partial charge in [-0.1, -0.05) is 11.2 Å². The first-order valence-corrected chi connectivity index (χ1v) is 19.2. The molecule has 0 radical (unpaired) electrons. The molecule has 1 fully saturated rings. The van der Waals surface area contributed by atoms with Crippen LogP contribution in [0, 0.1) is 0 Å². The van der Waals surface area contributed by atoms with Gasteiger partial charge in [-0.15, -0.1) is 15.6 Å². The number of carboxylic acids is 1. The summed E-state index contributed by atoms with van der Waals surface area (Å²) in [5.74, 6) is -2.52. The number of nitrogens with zero attached hydrogens (tertiary/aromatic N) is 4.